The van der Waals surface area contributed by atoms with Crippen LogP contribution in [0.3, 0.4) is 0 Å². The first kappa shape index (κ1) is 21.9. The Morgan fingerprint density at radius 2 is 2.09 bits per heavy atom. The Balaban J connectivity index is 1.60. The van der Waals surface area contributed by atoms with E-state index in [1.165, 1.54) is 11.3 Å². The fourth-order valence-corrected chi connectivity index (χ4v) is 4.25. The Kier molecular flexibility index (Phi) is 7.03. The smallest absolute Gasteiger partial charge is 0.340 e. The predicted octanol–water partition coefficient (Wildman–Crippen LogP) is 4.46. The highest BCUT2D eigenvalue weighted by molar-refractivity contribution is 7.10. The van der Waals surface area contributed by atoms with Crippen LogP contribution in [0, 0.1) is 0 Å². The van der Waals surface area contributed by atoms with Gasteiger partial charge in [0.2, 0.25) is 0 Å². The summed E-state index contributed by atoms with van der Waals surface area (Å²) in [6, 6.07) is 11.2. The van der Waals surface area contributed by atoms with E-state index in [4.69, 9.17) is 9.47 Å². The van der Waals surface area contributed by atoms with Gasteiger partial charge in [-0.3, -0.25) is 9.79 Å². The van der Waals surface area contributed by atoms with Crippen LogP contribution in [0.2, 0.25) is 0 Å². The lowest BCUT2D eigenvalue weighted by Crippen LogP contribution is -2.19. The molecule has 0 radical (unpaired) electrons. The number of aromatic amines is 1. The first-order chi connectivity index (χ1) is 15.7. The van der Waals surface area contributed by atoms with Crippen LogP contribution in [-0.2, 0) is 22.7 Å². The highest BCUT2D eigenvalue weighted by Crippen LogP contribution is 2.29. The number of esters is 1. The summed E-state index contributed by atoms with van der Waals surface area (Å²) in [4.78, 5) is 37.0. The van der Waals surface area contributed by atoms with E-state index in [0.29, 0.717) is 23.6 Å². The molecule has 7 nitrogen and oxygen atoms in total. The minimum Gasteiger partial charge on any atom is -0.462 e. The minimum absolute atomic E-state index is 0.0765. The zero-order valence-electron chi connectivity index (χ0n) is 17.6. The summed E-state index contributed by atoms with van der Waals surface area (Å²) in [5, 5.41) is 2.73. The molecule has 1 N–H and O–H groups in total. The van der Waals surface area contributed by atoms with Gasteiger partial charge in [0, 0.05) is 23.7 Å². The molecule has 32 heavy (non-hydrogen) atoms. The van der Waals surface area contributed by atoms with Gasteiger partial charge in [-0.1, -0.05) is 36.4 Å². The van der Waals surface area contributed by atoms with Gasteiger partial charge in [0.05, 0.1) is 42.3 Å². The monoisotopic (exact) mass is 449 g/mol. The Morgan fingerprint density at radius 1 is 1.25 bits per heavy atom. The van der Waals surface area contributed by atoms with E-state index in [-0.39, 0.29) is 30.3 Å². The highest BCUT2D eigenvalue weighted by atomic mass is 32.1. The number of hydrogen-bond acceptors (Lipinski definition) is 7. The molecule has 0 saturated carbocycles. The molecule has 0 spiro atoms. The van der Waals surface area contributed by atoms with Crippen LogP contribution in [0.1, 0.15) is 45.9 Å². The number of allylic oxidation sites excluding steroid dienone is 1. The standard InChI is InChI=1S/C24H23N3O4S/c1-2-31-24(29)19-12-18(21-15-32-23(27-21)17-8-10-25-11-9-17)22(28)26-20(19)14-30-13-16-6-4-3-5-7-16/h3-8,10-12,15,17H,2,9,13-14H2,1H3,(H,26,28). The SMILES string of the molecule is CCOC(=O)c1cc(-c2csc(C3C=CN=CC3)n2)c(=O)[nH]c1COCc1ccccc1. The van der Waals surface area contributed by atoms with Crippen molar-refractivity contribution in [2.45, 2.75) is 32.5 Å². The molecule has 4 rings (SSSR count). The molecular formula is C24H23N3O4S. The Labute approximate surface area is 189 Å². The van der Waals surface area contributed by atoms with Crippen LogP contribution in [-0.4, -0.2) is 28.8 Å². The molecule has 1 unspecified atom stereocenters. The van der Waals surface area contributed by atoms with Crippen LogP contribution in [0.4, 0.5) is 0 Å². The van der Waals surface area contributed by atoms with E-state index in [2.05, 4.69) is 15.0 Å². The van der Waals surface area contributed by atoms with Crippen LogP contribution in [0.25, 0.3) is 11.3 Å². The molecule has 0 amide bonds. The van der Waals surface area contributed by atoms with E-state index in [9.17, 15) is 9.59 Å². The Morgan fingerprint density at radius 3 is 2.84 bits per heavy atom. The van der Waals surface area contributed by atoms with Crippen molar-refractivity contribution in [2.75, 3.05) is 6.61 Å². The van der Waals surface area contributed by atoms with Gasteiger partial charge in [0.25, 0.3) is 5.56 Å². The summed E-state index contributed by atoms with van der Waals surface area (Å²) >= 11 is 1.48. The summed E-state index contributed by atoms with van der Waals surface area (Å²) in [5.41, 5.74) is 2.19. The van der Waals surface area contributed by atoms with E-state index in [1.54, 1.807) is 19.2 Å². The van der Waals surface area contributed by atoms with Crippen molar-refractivity contribution in [1.29, 1.82) is 0 Å². The fraction of sp³-hybridized carbons (Fsp3) is 0.250. The number of nitrogens with one attached hydrogen (secondary N) is 1. The average Bonchev–Trinajstić information content (AvgIpc) is 3.31. The molecule has 1 aliphatic heterocycles. The third-order valence-electron chi connectivity index (χ3n) is 4.96. The number of rotatable bonds is 8. The minimum atomic E-state index is -0.509. The normalized spacial score (nSPS) is 15.1. The van der Waals surface area contributed by atoms with Crippen molar-refractivity contribution in [2.24, 2.45) is 4.99 Å². The van der Waals surface area contributed by atoms with Gasteiger partial charge >= 0.3 is 5.97 Å². The van der Waals surface area contributed by atoms with Gasteiger partial charge < -0.3 is 14.5 Å². The highest BCUT2D eigenvalue weighted by Gasteiger charge is 2.20. The first-order valence-electron chi connectivity index (χ1n) is 10.3. The van der Waals surface area contributed by atoms with E-state index in [0.717, 1.165) is 17.0 Å². The van der Waals surface area contributed by atoms with Crippen molar-refractivity contribution in [3.05, 3.63) is 86.2 Å². The lowest BCUT2D eigenvalue weighted by atomic mass is 10.1. The van der Waals surface area contributed by atoms with Gasteiger partial charge in [-0.25, -0.2) is 9.78 Å². The second-order valence-corrected chi connectivity index (χ2v) is 8.08. The molecule has 1 atom stereocenters. The summed E-state index contributed by atoms with van der Waals surface area (Å²) in [5.74, 6) is -0.370. The Hall–Kier alpha value is -3.36. The number of aromatic nitrogens is 2. The quantitative estimate of drug-likeness (QED) is 0.512. The number of hydrogen-bond donors (Lipinski definition) is 1. The van der Waals surface area contributed by atoms with Gasteiger partial charge in [-0.15, -0.1) is 11.3 Å². The summed E-state index contributed by atoms with van der Waals surface area (Å²) in [6.45, 7) is 2.41. The average molecular weight is 450 g/mol. The second-order valence-electron chi connectivity index (χ2n) is 7.19. The largest absolute Gasteiger partial charge is 0.462 e. The molecule has 0 saturated heterocycles. The molecule has 8 heteroatoms. The van der Waals surface area contributed by atoms with Crippen LogP contribution < -0.4 is 5.56 Å². The molecular weight excluding hydrogens is 426 g/mol. The number of ether oxygens (including phenoxy) is 2. The molecule has 0 aliphatic carbocycles. The van der Waals surface area contributed by atoms with E-state index < -0.39 is 5.97 Å². The van der Waals surface area contributed by atoms with Gasteiger partial charge in [0.15, 0.2) is 0 Å². The maximum absolute atomic E-state index is 12.9. The van der Waals surface area contributed by atoms with E-state index in [1.807, 2.05) is 48.0 Å². The molecule has 1 aromatic carbocycles. The number of H-pyrrole nitrogens is 1. The van der Waals surface area contributed by atoms with Gasteiger partial charge in [-0.05, 0) is 25.0 Å². The molecule has 3 aromatic rings. The lowest BCUT2D eigenvalue weighted by molar-refractivity contribution is 0.0514. The molecule has 3 heterocycles. The zero-order chi connectivity index (χ0) is 22.3. The number of benzene rings is 1. The van der Waals surface area contributed by atoms with Gasteiger partial charge in [0.1, 0.15) is 5.01 Å². The number of carbonyl (C=O) groups excluding carboxylic acids is 1. The number of thiazole rings is 1. The second kappa shape index (κ2) is 10.3. The van der Waals surface area contributed by atoms with Crippen LogP contribution in [0.15, 0.2) is 63.8 Å². The summed E-state index contributed by atoms with van der Waals surface area (Å²) in [7, 11) is 0. The third-order valence-corrected chi connectivity index (χ3v) is 5.94. The molecule has 0 bridgehead atoms. The van der Waals surface area contributed by atoms with E-state index >= 15 is 0 Å². The van der Waals surface area contributed by atoms with Crippen LogP contribution >= 0.6 is 11.3 Å². The predicted molar refractivity (Wildman–Crippen MR) is 124 cm³/mol. The first-order valence-corrected chi connectivity index (χ1v) is 11.2. The van der Waals surface area contributed by atoms with Crippen molar-refractivity contribution >= 4 is 23.5 Å². The Bertz CT molecular complexity index is 1200. The van der Waals surface area contributed by atoms with Crippen molar-refractivity contribution in [3.63, 3.8) is 0 Å². The third kappa shape index (κ3) is 5.09. The maximum Gasteiger partial charge on any atom is 0.340 e. The topological polar surface area (TPSA) is 93.6 Å². The lowest BCUT2D eigenvalue weighted by Gasteiger charge is -2.11. The van der Waals surface area contributed by atoms with Crippen molar-refractivity contribution in [3.8, 4) is 11.3 Å². The zero-order valence-corrected chi connectivity index (χ0v) is 18.4. The summed E-state index contributed by atoms with van der Waals surface area (Å²) < 4.78 is 11.0. The van der Waals surface area contributed by atoms with Gasteiger partial charge in [-0.2, -0.15) is 0 Å². The molecule has 0 fully saturated rings. The van der Waals surface area contributed by atoms with Crippen molar-refractivity contribution in [1.82, 2.24) is 9.97 Å². The molecule has 164 valence electrons. The number of nitrogens with zero attached hydrogens (tertiary/aromatic N) is 2. The maximum atomic E-state index is 12.9. The number of pyridine rings is 1. The fourth-order valence-electron chi connectivity index (χ4n) is 3.34. The number of carbonyl (C=O) groups is 1. The summed E-state index contributed by atoms with van der Waals surface area (Å²) in [6.07, 6.45) is 6.36. The molecule has 2 aromatic heterocycles. The number of aliphatic imine (C=N–C) groups is 1. The van der Waals surface area contributed by atoms with Crippen molar-refractivity contribution < 1.29 is 14.3 Å². The molecule has 1 aliphatic rings. The van der Waals surface area contributed by atoms with Crippen LogP contribution in [0.5, 0.6) is 0 Å².